The minimum atomic E-state index is -1.45. The molecule has 0 rings (SSSR count). The molecule has 0 saturated carbocycles. The summed E-state index contributed by atoms with van der Waals surface area (Å²) in [7, 11) is 0. The number of unbranched alkanes of at least 4 members (excludes halogenated alkanes) is 18. The van der Waals surface area contributed by atoms with Gasteiger partial charge in [-0.3, -0.25) is 14.4 Å². The van der Waals surface area contributed by atoms with Gasteiger partial charge in [-0.15, -0.1) is 0 Å². The van der Waals surface area contributed by atoms with E-state index in [1.165, 1.54) is 83.5 Å². The molecule has 7 nitrogen and oxygen atoms in total. The number of aliphatic carboxylic acids is 2. The number of ketones is 1. The first-order valence-corrected chi connectivity index (χ1v) is 15.6. The van der Waals surface area contributed by atoms with E-state index in [1.807, 2.05) is 0 Å². The monoisotopic (exact) mass is 561 g/mol. The average Bonchev–Trinajstić information content (AvgIpc) is 2.87. The molecule has 0 unspecified atom stereocenters. The van der Waals surface area contributed by atoms with Crippen molar-refractivity contribution in [3.05, 3.63) is 0 Å². The van der Waals surface area contributed by atoms with Crippen LogP contribution in [0.2, 0.25) is 0 Å². The largest absolute Gasteiger partial charge is 1.00 e. The van der Waals surface area contributed by atoms with Crippen LogP contribution in [0.15, 0.2) is 0 Å². The van der Waals surface area contributed by atoms with Gasteiger partial charge >= 0.3 is 35.5 Å². The Morgan fingerprint density at radius 1 is 0.590 bits per heavy atom. The van der Waals surface area contributed by atoms with Crippen LogP contribution in [0.5, 0.6) is 0 Å². The Bertz CT molecular complexity index is 628. The number of carbonyl (C=O) groups is 4. The maximum Gasteiger partial charge on any atom is 1.00 e. The van der Waals surface area contributed by atoms with Crippen LogP contribution in [0.3, 0.4) is 0 Å². The van der Waals surface area contributed by atoms with Gasteiger partial charge in [0.15, 0.2) is 0 Å². The van der Waals surface area contributed by atoms with Gasteiger partial charge in [-0.25, -0.2) is 0 Å². The van der Waals surface area contributed by atoms with E-state index >= 15 is 0 Å². The normalized spacial score (nSPS) is 11.5. The average molecular weight is 562 g/mol. The second-order valence-electron chi connectivity index (χ2n) is 10.9. The zero-order valence-electron chi connectivity index (χ0n) is 25.2. The van der Waals surface area contributed by atoms with Crippen LogP contribution in [0.1, 0.15) is 167 Å². The Hall–Kier alpha value is -0.920. The van der Waals surface area contributed by atoms with Crippen LogP contribution in [0.4, 0.5) is 0 Å². The second kappa shape index (κ2) is 30.0. The summed E-state index contributed by atoms with van der Waals surface area (Å²) in [4.78, 5) is 45.5. The predicted octanol–water partition coefficient (Wildman–Crippen LogP) is 3.65. The molecule has 8 heteroatoms. The quantitative estimate of drug-likeness (QED) is 0.106. The van der Waals surface area contributed by atoms with Crippen molar-refractivity contribution in [3.8, 4) is 0 Å². The van der Waals surface area contributed by atoms with Crippen LogP contribution in [-0.2, 0) is 19.2 Å². The molecule has 39 heavy (non-hydrogen) atoms. The molecule has 0 saturated heterocycles. The van der Waals surface area contributed by atoms with Crippen LogP contribution in [0, 0.1) is 0 Å². The van der Waals surface area contributed by atoms with E-state index in [1.54, 1.807) is 0 Å². The zero-order valence-corrected chi connectivity index (χ0v) is 27.2. The zero-order chi connectivity index (χ0) is 28.3. The summed E-state index contributed by atoms with van der Waals surface area (Å²) in [5, 5.41) is 22.0. The third kappa shape index (κ3) is 29.9. The molecular formula is C31H56NNaO6. The van der Waals surface area contributed by atoms with Crippen LogP contribution < -0.4 is 40.0 Å². The van der Waals surface area contributed by atoms with Gasteiger partial charge in [0.2, 0.25) is 5.91 Å². The molecular weight excluding hydrogens is 505 g/mol. The summed E-state index contributed by atoms with van der Waals surface area (Å²) in [6, 6.07) is -1.25. The number of hydrogen-bond donors (Lipinski definition) is 2. The summed E-state index contributed by atoms with van der Waals surface area (Å²) < 4.78 is 0. The molecule has 0 aliphatic rings. The van der Waals surface area contributed by atoms with Crippen molar-refractivity contribution >= 4 is 23.6 Å². The molecule has 0 heterocycles. The Morgan fingerprint density at radius 3 is 1.31 bits per heavy atom. The Labute approximate surface area is 260 Å². The Kier molecular flexibility index (Phi) is 31.0. The molecule has 0 aromatic heterocycles. The Morgan fingerprint density at radius 2 is 0.949 bits per heavy atom. The molecule has 0 radical (unpaired) electrons. The molecule has 2 N–H and O–H groups in total. The summed E-state index contributed by atoms with van der Waals surface area (Å²) in [6.45, 7) is 2.25. The molecule has 0 bridgehead atoms. The summed E-state index contributed by atoms with van der Waals surface area (Å²) in [6.07, 6.45) is 25.0. The Balaban J connectivity index is 0. The van der Waals surface area contributed by atoms with E-state index in [-0.39, 0.29) is 54.7 Å². The van der Waals surface area contributed by atoms with Crippen molar-refractivity contribution in [1.29, 1.82) is 0 Å². The summed E-state index contributed by atoms with van der Waals surface area (Å²) in [5.74, 6) is -2.47. The molecule has 1 amide bonds. The van der Waals surface area contributed by atoms with Crippen molar-refractivity contribution in [1.82, 2.24) is 5.32 Å². The maximum atomic E-state index is 12.0. The minimum absolute atomic E-state index is 0. The molecule has 0 spiro atoms. The predicted molar refractivity (Wildman–Crippen MR) is 151 cm³/mol. The molecule has 0 aliphatic carbocycles. The second-order valence-corrected chi connectivity index (χ2v) is 10.9. The van der Waals surface area contributed by atoms with Crippen molar-refractivity contribution in [2.45, 2.75) is 173 Å². The molecule has 0 aliphatic heterocycles. The van der Waals surface area contributed by atoms with Gasteiger partial charge in [-0.05, 0) is 25.7 Å². The first kappa shape index (κ1) is 40.2. The van der Waals surface area contributed by atoms with E-state index in [2.05, 4.69) is 12.2 Å². The van der Waals surface area contributed by atoms with E-state index in [4.69, 9.17) is 5.11 Å². The number of carbonyl (C=O) groups excluding carboxylic acids is 3. The first-order chi connectivity index (χ1) is 18.4. The number of hydrogen-bond acceptors (Lipinski definition) is 5. The number of carboxylic acid groups (broad SMARTS) is 2. The topological polar surface area (TPSA) is 124 Å². The van der Waals surface area contributed by atoms with Gasteiger partial charge in [0.1, 0.15) is 5.78 Å². The van der Waals surface area contributed by atoms with E-state index < -0.39 is 18.0 Å². The van der Waals surface area contributed by atoms with Crippen molar-refractivity contribution < 1.29 is 58.9 Å². The molecule has 0 aromatic rings. The van der Waals surface area contributed by atoms with Gasteiger partial charge < -0.3 is 20.3 Å². The van der Waals surface area contributed by atoms with Crippen LogP contribution in [0.25, 0.3) is 0 Å². The molecule has 1 atom stereocenters. The number of nitrogens with one attached hydrogen (secondary N) is 1. The van der Waals surface area contributed by atoms with Crippen molar-refractivity contribution in [2.75, 3.05) is 0 Å². The smallest absolute Gasteiger partial charge is 0.548 e. The number of Topliss-reactive ketones (excluding diaryl/α,β-unsaturated/α-hetero) is 1. The van der Waals surface area contributed by atoms with Crippen LogP contribution >= 0.6 is 0 Å². The fraction of sp³-hybridized carbons (Fsp3) is 0.871. The van der Waals surface area contributed by atoms with Gasteiger partial charge in [0.25, 0.3) is 0 Å². The van der Waals surface area contributed by atoms with Gasteiger partial charge in [-0.1, -0.05) is 116 Å². The van der Waals surface area contributed by atoms with E-state index in [9.17, 15) is 24.3 Å². The standard InChI is InChI=1S/C31H57NO6.Na/c1-2-3-4-5-6-10-13-16-19-22-27(33)23-20-17-14-11-8-7-9-12-15-18-21-24-29(34)32-28(31(37)38)25-26-30(35)36;/h28H,2-26H2,1H3,(H,32,34)(H,35,36)(H,37,38);/q;+1/p-1/t28-;/m0./s1. The van der Waals surface area contributed by atoms with Crippen LogP contribution in [-0.4, -0.2) is 34.8 Å². The van der Waals surface area contributed by atoms with E-state index in [0.717, 1.165) is 51.4 Å². The number of amides is 1. The number of rotatable bonds is 29. The third-order valence-corrected chi connectivity index (χ3v) is 7.19. The van der Waals surface area contributed by atoms with E-state index in [0.29, 0.717) is 12.2 Å². The number of carboxylic acids is 2. The fourth-order valence-corrected chi connectivity index (χ4v) is 4.74. The minimum Gasteiger partial charge on any atom is -0.548 e. The summed E-state index contributed by atoms with van der Waals surface area (Å²) >= 11 is 0. The summed E-state index contributed by atoms with van der Waals surface area (Å²) in [5.41, 5.74) is 0. The van der Waals surface area contributed by atoms with Gasteiger partial charge in [0.05, 0.1) is 12.0 Å². The first-order valence-electron chi connectivity index (χ1n) is 15.6. The maximum absolute atomic E-state index is 12.0. The van der Waals surface area contributed by atoms with Crippen molar-refractivity contribution in [2.24, 2.45) is 0 Å². The molecule has 0 aromatic carbocycles. The molecule has 222 valence electrons. The SMILES string of the molecule is CCCCCCCCCCCC(=O)CCCCCCCCCCCCCC(=O)N[C@@H](CCC(=O)O)C(=O)[O-].[Na+]. The fourth-order valence-electron chi connectivity index (χ4n) is 4.74. The molecule has 0 fully saturated rings. The van der Waals surface area contributed by atoms with Gasteiger partial charge in [-0.2, -0.15) is 0 Å². The third-order valence-electron chi connectivity index (χ3n) is 7.19. The van der Waals surface area contributed by atoms with Crippen molar-refractivity contribution in [3.63, 3.8) is 0 Å². The van der Waals surface area contributed by atoms with Gasteiger partial charge in [0, 0.05) is 25.7 Å².